The number of unbranched alkanes of at least 4 members (excludes halogenated alkanes) is 12. The molecule has 0 aliphatic rings. The second-order valence-electron chi connectivity index (χ2n) is 7.40. The lowest BCUT2D eigenvalue weighted by Gasteiger charge is -2.06. The molecule has 0 rings (SSSR count). The Kier molecular flexibility index (Phi) is 17.2. The van der Waals surface area contributed by atoms with Gasteiger partial charge in [0.05, 0.1) is 12.7 Å². The minimum atomic E-state index is -0.495. The highest BCUT2D eigenvalue weighted by atomic mass is 16.3. The van der Waals surface area contributed by atoms with Crippen LogP contribution >= 0.6 is 0 Å². The molecular weight excluding hydrogens is 272 g/mol. The average molecular weight is 315 g/mol. The van der Waals surface area contributed by atoms with Crippen LogP contribution in [0.1, 0.15) is 110 Å². The van der Waals surface area contributed by atoms with E-state index in [0.29, 0.717) is 0 Å². The van der Waals surface area contributed by atoms with Crippen molar-refractivity contribution in [2.24, 2.45) is 5.92 Å². The van der Waals surface area contributed by atoms with Crippen LogP contribution in [0.5, 0.6) is 0 Å². The predicted molar refractivity (Wildman–Crippen MR) is 97.2 cm³/mol. The first-order valence-corrected chi connectivity index (χ1v) is 9.95. The van der Waals surface area contributed by atoms with Crippen LogP contribution < -0.4 is 0 Å². The van der Waals surface area contributed by atoms with Gasteiger partial charge < -0.3 is 10.2 Å². The summed E-state index contributed by atoms with van der Waals surface area (Å²) in [5.41, 5.74) is 0. The molecule has 0 aliphatic carbocycles. The SMILES string of the molecule is CC(C)CCCCCCCCCCCCCCCC(O)CO. The molecule has 0 saturated heterocycles. The zero-order valence-electron chi connectivity index (χ0n) is 15.4. The highest BCUT2D eigenvalue weighted by Crippen LogP contribution is 2.14. The van der Waals surface area contributed by atoms with E-state index in [4.69, 9.17) is 5.11 Å². The maximum absolute atomic E-state index is 9.22. The van der Waals surface area contributed by atoms with Gasteiger partial charge in [-0.3, -0.25) is 0 Å². The van der Waals surface area contributed by atoms with Gasteiger partial charge in [0.2, 0.25) is 0 Å². The van der Waals surface area contributed by atoms with E-state index in [1.165, 1.54) is 83.5 Å². The molecule has 0 fully saturated rings. The van der Waals surface area contributed by atoms with Gasteiger partial charge in [0.25, 0.3) is 0 Å². The van der Waals surface area contributed by atoms with Crippen molar-refractivity contribution in [3.05, 3.63) is 0 Å². The van der Waals surface area contributed by atoms with Crippen molar-refractivity contribution in [3.63, 3.8) is 0 Å². The fourth-order valence-electron chi connectivity index (χ4n) is 2.97. The third-order valence-electron chi connectivity index (χ3n) is 4.53. The van der Waals surface area contributed by atoms with Gasteiger partial charge in [0.15, 0.2) is 0 Å². The average Bonchev–Trinajstić information content (AvgIpc) is 2.50. The van der Waals surface area contributed by atoms with Crippen LogP contribution in [0.25, 0.3) is 0 Å². The molecule has 0 aliphatic heterocycles. The van der Waals surface area contributed by atoms with Crippen molar-refractivity contribution in [1.82, 2.24) is 0 Å². The van der Waals surface area contributed by atoms with Gasteiger partial charge in [-0.2, -0.15) is 0 Å². The summed E-state index contributed by atoms with van der Waals surface area (Å²) < 4.78 is 0. The van der Waals surface area contributed by atoms with Crippen LogP contribution in [0.3, 0.4) is 0 Å². The quantitative estimate of drug-likeness (QED) is 0.331. The summed E-state index contributed by atoms with van der Waals surface area (Å²) in [4.78, 5) is 0. The van der Waals surface area contributed by atoms with Gasteiger partial charge in [-0.25, -0.2) is 0 Å². The Bertz CT molecular complexity index is 204. The van der Waals surface area contributed by atoms with Crippen LogP contribution in [0, 0.1) is 5.92 Å². The van der Waals surface area contributed by atoms with Crippen LogP contribution in [0.2, 0.25) is 0 Å². The molecule has 2 N–H and O–H groups in total. The maximum Gasteiger partial charge on any atom is 0.0770 e. The van der Waals surface area contributed by atoms with Crippen molar-refractivity contribution in [2.75, 3.05) is 6.61 Å². The zero-order valence-corrected chi connectivity index (χ0v) is 15.4. The Morgan fingerprint density at radius 2 is 0.864 bits per heavy atom. The first-order chi connectivity index (χ1) is 10.7. The normalized spacial score (nSPS) is 13.0. The fourth-order valence-corrected chi connectivity index (χ4v) is 2.97. The molecule has 0 radical (unpaired) electrons. The molecular formula is C20H42O2. The van der Waals surface area contributed by atoms with Gasteiger partial charge in [0, 0.05) is 0 Å². The Morgan fingerprint density at radius 3 is 1.18 bits per heavy atom. The number of aliphatic hydroxyl groups is 2. The summed E-state index contributed by atoms with van der Waals surface area (Å²) in [6, 6.07) is 0. The minimum absolute atomic E-state index is 0.0856. The van der Waals surface area contributed by atoms with Gasteiger partial charge >= 0.3 is 0 Å². The summed E-state index contributed by atoms with van der Waals surface area (Å²) >= 11 is 0. The highest BCUT2D eigenvalue weighted by Gasteiger charge is 2.00. The first-order valence-electron chi connectivity index (χ1n) is 9.95. The van der Waals surface area contributed by atoms with Gasteiger partial charge in [0.1, 0.15) is 0 Å². The van der Waals surface area contributed by atoms with Crippen molar-refractivity contribution >= 4 is 0 Å². The number of rotatable bonds is 17. The predicted octanol–water partition coefficient (Wildman–Crippen LogP) is 5.85. The van der Waals surface area contributed by atoms with E-state index in [0.717, 1.165) is 18.8 Å². The van der Waals surface area contributed by atoms with E-state index in [2.05, 4.69) is 13.8 Å². The fraction of sp³-hybridized carbons (Fsp3) is 1.00. The van der Waals surface area contributed by atoms with E-state index in [-0.39, 0.29) is 6.61 Å². The summed E-state index contributed by atoms with van der Waals surface area (Å²) in [7, 11) is 0. The molecule has 0 aromatic heterocycles. The monoisotopic (exact) mass is 314 g/mol. The van der Waals surface area contributed by atoms with Crippen molar-refractivity contribution in [2.45, 2.75) is 116 Å². The Balaban J connectivity index is 3.00. The molecule has 0 spiro atoms. The Labute approximate surface area is 139 Å². The zero-order chi connectivity index (χ0) is 16.5. The molecule has 0 bridgehead atoms. The molecule has 1 atom stereocenters. The van der Waals surface area contributed by atoms with Gasteiger partial charge in [-0.05, 0) is 12.3 Å². The summed E-state index contributed by atoms with van der Waals surface area (Å²) in [5.74, 6) is 0.875. The smallest absolute Gasteiger partial charge is 0.0770 e. The molecule has 22 heavy (non-hydrogen) atoms. The lowest BCUT2D eigenvalue weighted by molar-refractivity contribution is 0.0860. The van der Waals surface area contributed by atoms with Crippen LogP contribution in [-0.2, 0) is 0 Å². The van der Waals surface area contributed by atoms with E-state index in [1.54, 1.807) is 0 Å². The van der Waals surface area contributed by atoms with Crippen molar-refractivity contribution in [3.8, 4) is 0 Å². The number of hydrogen-bond donors (Lipinski definition) is 2. The summed E-state index contributed by atoms with van der Waals surface area (Å²) in [5, 5.41) is 17.9. The maximum atomic E-state index is 9.22. The van der Waals surface area contributed by atoms with Gasteiger partial charge in [-0.15, -0.1) is 0 Å². The van der Waals surface area contributed by atoms with Crippen LogP contribution in [0.15, 0.2) is 0 Å². The molecule has 1 unspecified atom stereocenters. The van der Waals surface area contributed by atoms with E-state index >= 15 is 0 Å². The lowest BCUT2D eigenvalue weighted by Crippen LogP contribution is -2.10. The Morgan fingerprint density at radius 1 is 0.545 bits per heavy atom. The molecule has 0 aromatic carbocycles. The number of hydrogen-bond acceptors (Lipinski definition) is 2. The molecule has 0 heterocycles. The third-order valence-corrected chi connectivity index (χ3v) is 4.53. The largest absolute Gasteiger partial charge is 0.394 e. The molecule has 0 amide bonds. The molecule has 0 saturated carbocycles. The molecule has 2 nitrogen and oxygen atoms in total. The van der Waals surface area contributed by atoms with Crippen LogP contribution in [-0.4, -0.2) is 22.9 Å². The first kappa shape index (κ1) is 21.9. The molecule has 2 heteroatoms. The lowest BCUT2D eigenvalue weighted by atomic mass is 10.0. The summed E-state index contributed by atoms with van der Waals surface area (Å²) in [6.45, 7) is 4.55. The van der Waals surface area contributed by atoms with Crippen molar-refractivity contribution in [1.29, 1.82) is 0 Å². The van der Waals surface area contributed by atoms with Crippen molar-refractivity contribution < 1.29 is 10.2 Å². The second-order valence-corrected chi connectivity index (χ2v) is 7.40. The summed E-state index contributed by atoms with van der Waals surface area (Å²) in [6.07, 6.45) is 19.3. The molecule has 0 aromatic rings. The van der Waals surface area contributed by atoms with E-state index in [9.17, 15) is 5.11 Å². The second kappa shape index (κ2) is 17.3. The standard InChI is InChI=1S/C20H42O2/c1-19(2)16-14-12-10-8-6-4-3-5-7-9-11-13-15-17-20(22)18-21/h19-22H,3-18H2,1-2H3. The Hall–Kier alpha value is -0.0800. The van der Waals surface area contributed by atoms with E-state index < -0.39 is 6.10 Å². The number of aliphatic hydroxyl groups excluding tert-OH is 2. The minimum Gasteiger partial charge on any atom is -0.394 e. The van der Waals surface area contributed by atoms with E-state index in [1.807, 2.05) is 0 Å². The third kappa shape index (κ3) is 18.0. The topological polar surface area (TPSA) is 40.5 Å². The molecule has 134 valence electrons. The highest BCUT2D eigenvalue weighted by molar-refractivity contribution is 4.54. The van der Waals surface area contributed by atoms with Crippen LogP contribution in [0.4, 0.5) is 0 Å². The van der Waals surface area contributed by atoms with Gasteiger partial charge in [-0.1, -0.05) is 104 Å².